The molecule has 0 N–H and O–H groups in total. The molecular formula is C14H20BrNO2. The first-order valence-electron chi connectivity index (χ1n) is 6.51. The normalized spacial score (nSPS) is 20.9. The van der Waals surface area contributed by atoms with Gasteiger partial charge in [-0.1, -0.05) is 19.1 Å². The molecule has 1 aliphatic rings. The van der Waals surface area contributed by atoms with Gasteiger partial charge in [0.05, 0.1) is 11.1 Å². The molecule has 0 saturated carbocycles. The third kappa shape index (κ3) is 3.97. The first-order chi connectivity index (χ1) is 8.79. The maximum Gasteiger partial charge on any atom is 0.133 e. The van der Waals surface area contributed by atoms with Gasteiger partial charge in [0.15, 0.2) is 0 Å². The van der Waals surface area contributed by atoms with Gasteiger partial charge in [-0.3, -0.25) is 4.90 Å². The largest absolute Gasteiger partial charge is 0.490 e. The number of morpholine rings is 1. The van der Waals surface area contributed by atoms with Crippen molar-refractivity contribution >= 4 is 15.9 Å². The van der Waals surface area contributed by atoms with Gasteiger partial charge in [0.2, 0.25) is 0 Å². The van der Waals surface area contributed by atoms with Crippen molar-refractivity contribution in [3.63, 3.8) is 0 Å². The Morgan fingerprint density at radius 1 is 1.44 bits per heavy atom. The lowest BCUT2D eigenvalue weighted by Gasteiger charge is -2.32. The van der Waals surface area contributed by atoms with Crippen molar-refractivity contribution in [2.45, 2.75) is 19.4 Å². The summed E-state index contributed by atoms with van der Waals surface area (Å²) in [6.45, 7) is 6.79. The van der Waals surface area contributed by atoms with Gasteiger partial charge < -0.3 is 9.47 Å². The molecule has 0 spiro atoms. The summed E-state index contributed by atoms with van der Waals surface area (Å²) in [4.78, 5) is 2.44. The fourth-order valence-electron chi connectivity index (χ4n) is 2.15. The van der Waals surface area contributed by atoms with Crippen LogP contribution in [0.15, 0.2) is 28.7 Å². The number of benzene rings is 1. The van der Waals surface area contributed by atoms with E-state index in [1.807, 2.05) is 24.3 Å². The zero-order chi connectivity index (χ0) is 12.8. The van der Waals surface area contributed by atoms with Crippen molar-refractivity contribution in [2.24, 2.45) is 0 Å². The lowest BCUT2D eigenvalue weighted by atomic mass is 10.2. The summed E-state index contributed by atoms with van der Waals surface area (Å²) in [5.74, 6) is 0.883. The van der Waals surface area contributed by atoms with E-state index in [-0.39, 0.29) is 6.10 Å². The monoisotopic (exact) mass is 313 g/mol. The lowest BCUT2D eigenvalue weighted by molar-refractivity contribution is -0.0478. The van der Waals surface area contributed by atoms with Gasteiger partial charge in [0, 0.05) is 13.1 Å². The second-order valence-corrected chi connectivity index (χ2v) is 5.39. The highest BCUT2D eigenvalue weighted by Gasteiger charge is 2.20. The molecule has 0 aliphatic carbocycles. The summed E-state index contributed by atoms with van der Waals surface area (Å²) in [5.41, 5.74) is 0. The number of nitrogens with zero attached hydrogens (tertiary/aromatic N) is 1. The van der Waals surface area contributed by atoms with Crippen molar-refractivity contribution in [3.05, 3.63) is 28.7 Å². The van der Waals surface area contributed by atoms with Gasteiger partial charge in [0.1, 0.15) is 18.5 Å². The first-order valence-corrected chi connectivity index (χ1v) is 7.30. The van der Waals surface area contributed by atoms with Crippen LogP contribution in [0.4, 0.5) is 0 Å². The molecule has 0 bridgehead atoms. The summed E-state index contributed by atoms with van der Waals surface area (Å²) in [7, 11) is 0. The number of rotatable bonds is 5. The molecule has 1 fully saturated rings. The summed E-state index contributed by atoms with van der Waals surface area (Å²) in [5, 5.41) is 0. The van der Waals surface area contributed by atoms with Crippen LogP contribution < -0.4 is 4.74 Å². The maximum absolute atomic E-state index is 5.80. The molecule has 4 heteroatoms. The number of hydrogen-bond acceptors (Lipinski definition) is 3. The molecule has 100 valence electrons. The molecule has 1 aromatic rings. The Morgan fingerprint density at radius 2 is 2.28 bits per heavy atom. The third-order valence-corrected chi connectivity index (χ3v) is 3.68. The van der Waals surface area contributed by atoms with Crippen molar-refractivity contribution in [3.8, 4) is 5.75 Å². The molecule has 3 nitrogen and oxygen atoms in total. The van der Waals surface area contributed by atoms with E-state index in [1.54, 1.807) is 0 Å². The van der Waals surface area contributed by atoms with Gasteiger partial charge in [-0.25, -0.2) is 0 Å². The molecular weight excluding hydrogens is 294 g/mol. The number of para-hydroxylation sites is 1. The SMILES string of the molecule is CCCN1CCOC(COc2ccccc2Br)C1. The summed E-state index contributed by atoms with van der Waals surface area (Å²) in [6, 6.07) is 7.92. The lowest BCUT2D eigenvalue weighted by Crippen LogP contribution is -2.45. The molecule has 1 aliphatic heterocycles. The number of hydrogen-bond donors (Lipinski definition) is 0. The van der Waals surface area contributed by atoms with Crippen molar-refractivity contribution < 1.29 is 9.47 Å². The Labute approximate surface area is 117 Å². The minimum atomic E-state index is 0.178. The van der Waals surface area contributed by atoms with Crippen LogP contribution >= 0.6 is 15.9 Å². The van der Waals surface area contributed by atoms with Gasteiger partial charge in [-0.05, 0) is 41.0 Å². The molecule has 0 aromatic heterocycles. The van der Waals surface area contributed by atoms with E-state index in [9.17, 15) is 0 Å². The zero-order valence-corrected chi connectivity index (χ0v) is 12.4. The van der Waals surface area contributed by atoms with Crippen LogP contribution in [-0.2, 0) is 4.74 Å². The predicted octanol–water partition coefficient (Wildman–Crippen LogP) is 2.94. The molecule has 1 atom stereocenters. The van der Waals surface area contributed by atoms with Crippen LogP contribution in [0.5, 0.6) is 5.75 Å². The summed E-state index contributed by atoms with van der Waals surface area (Å²) < 4.78 is 12.5. The second kappa shape index (κ2) is 7.12. The van der Waals surface area contributed by atoms with Gasteiger partial charge in [0.25, 0.3) is 0 Å². The van der Waals surface area contributed by atoms with E-state index in [4.69, 9.17) is 9.47 Å². The van der Waals surface area contributed by atoms with Crippen LogP contribution in [0, 0.1) is 0 Å². The molecule has 0 amide bonds. The number of ether oxygens (including phenoxy) is 2. The first kappa shape index (κ1) is 13.8. The van der Waals surface area contributed by atoms with Crippen LogP contribution in [0.2, 0.25) is 0 Å². The molecule has 1 aromatic carbocycles. The standard InChI is InChI=1S/C14H20BrNO2/c1-2-7-16-8-9-17-12(10-16)11-18-14-6-4-3-5-13(14)15/h3-6,12H,2,7-11H2,1H3. The van der Waals surface area contributed by atoms with E-state index in [1.165, 1.54) is 6.42 Å². The highest BCUT2D eigenvalue weighted by molar-refractivity contribution is 9.10. The molecule has 2 rings (SSSR count). The fourth-order valence-corrected chi connectivity index (χ4v) is 2.54. The minimum absolute atomic E-state index is 0.178. The van der Waals surface area contributed by atoms with E-state index in [2.05, 4.69) is 27.8 Å². The fraction of sp³-hybridized carbons (Fsp3) is 0.571. The highest BCUT2D eigenvalue weighted by atomic mass is 79.9. The number of halogens is 1. The predicted molar refractivity (Wildman–Crippen MR) is 76.1 cm³/mol. The van der Waals surface area contributed by atoms with Crippen molar-refractivity contribution in [1.82, 2.24) is 4.90 Å². The van der Waals surface area contributed by atoms with Crippen LogP contribution in [0.3, 0.4) is 0 Å². The third-order valence-electron chi connectivity index (χ3n) is 3.02. The molecule has 0 radical (unpaired) electrons. The summed E-state index contributed by atoms with van der Waals surface area (Å²) in [6.07, 6.45) is 1.37. The topological polar surface area (TPSA) is 21.7 Å². The molecule has 1 unspecified atom stereocenters. The molecule has 1 saturated heterocycles. The average Bonchev–Trinajstić information content (AvgIpc) is 2.39. The van der Waals surface area contributed by atoms with Crippen LogP contribution in [0.25, 0.3) is 0 Å². The Bertz CT molecular complexity index is 371. The van der Waals surface area contributed by atoms with E-state index >= 15 is 0 Å². The van der Waals surface area contributed by atoms with E-state index < -0.39 is 0 Å². The smallest absolute Gasteiger partial charge is 0.133 e. The van der Waals surface area contributed by atoms with Gasteiger partial charge in [-0.2, -0.15) is 0 Å². The highest BCUT2D eigenvalue weighted by Crippen LogP contribution is 2.24. The quantitative estimate of drug-likeness (QED) is 0.834. The van der Waals surface area contributed by atoms with Gasteiger partial charge >= 0.3 is 0 Å². The molecule has 18 heavy (non-hydrogen) atoms. The Morgan fingerprint density at radius 3 is 3.06 bits per heavy atom. The average molecular weight is 314 g/mol. The van der Waals surface area contributed by atoms with Crippen molar-refractivity contribution in [1.29, 1.82) is 0 Å². The Kier molecular flexibility index (Phi) is 5.47. The molecule has 1 heterocycles. The van der Waals surface area contributed by atoms with E-state index in [0.717, 1.165) is 36.5 Å². The second-order valence-electron chi connectivity index (χ2n) is 4.53. The maximum atomic E-state index is 5.80. The van der Waals surface area contributed by atoms with Gasteiger partial charge in [-0.15, -0.1) is 0 Å². The Balaban J connectivity index is 1.81. The zero-order valence-electron chi connectivity index (χ0n) is 10.8. The Hall–Kier alpha value is -0.580. The van der Waals surface area contributed by atoms with Crippen LogP contribution in [0.1, 0.15) is 13.3 Å². The van der Waals surface area contributed by atoms with Crippen LogP contribution in [-0.4, -0.2) is 43.9 Å². The minimum Gasteiger partial charge on any atom is -0.490 e. The van der Waals surface area contributed by atoms with E-state index in [0.29, 0.717) is 6.61 Å². The van der Waals surface area contributed by atoms with Crippen molar-refractivity contribution in [2.75, 3.05) is 32.8 Å². The summed E-state index contributed by atoms with van der Waals surface area (Å²) >= 11 is 3.48.